The van der Waals surface area contributed by atoms with Crippen molar-refractivity contribution in [2.45, 2.75) is 19.9 Å². The summed E-state index contributed by atoms with van der Waals surface area (Å²) in [6, 6.07) is 6.73. The van der Waals surface area contributed by atoms with Crippen LogP contribution in [0.5, 0.6) is 0 Å². The molecular formula is C20H27N3O5S. The van der Waals surface area contributed by atoms with Crippen molar-refractivity contribution in [3.63, 3.8) is 0 Å². The number of anilines is 1. The van der Waals surface area contributed by atoms with Crippen LogP contribution in [0.2, 0.25) is 0 Å². The van der Waals surface area contributed by atoms with E-state index in [1.165, 1.54) is 7.11 Å². The Kier molecular flexibility index (Phi) is 8.56. The number of ether oxygens (including phenoxy) is 3. The average molecular weight is 422 g/mol. The molecule has 1 amide bonds. The Labute approximate surface area is 176 Å². The first-order valence-corrected chi connectivity index (χ1v) is 9.67. The molecule has 1 aromatic rings. The summed E-state index contributed by atoms with van der Waals surface area (Å²) in [5, 5.41) is 6.51. The van der Waals surface area contributed by atoms with Gasteiger partial charge in [-0.15, -0.1) is 0 Å². The fraction of sp³-hybridized carbons (Fsp3) is 0.450. The van der Waals surface area contributed by atoms with Crippen molar-refractivity contribution in [1.82, 2.24) is 10.2 Å². The van der Waals surface area contributed by atoms with Crippen molar-refractivity contribution >= 4 is 34.9 Å². The van der Waals surface area contributed by atoms with Crippen LogP contribution >= 0.6 is 12.2 Å². The van der Waals surface area contributed by atoms with E-state index in [4.69, 9.17) is 26.4 Å². The number of benzene rings is 1. The molecule has 2 rings (SSSR count). The van der Waals surface area contributed by atoms with Crippen LogP contribution in [-0.2, 0) is 23.8 Å². The van der Waals surface area contributed by atoms with E-state index in [9.17, 15) is 9.59 Å². The molecule has 1 aliphatic rings. The van der Waals surface area contributed by atoms with Crippen LogP contribution in [0, 0.1) is 0 Å². The zero-order valence-electron chi connectivity index (χ0n) is 17.1. The van der Waals surface area contributed by atoms with Crippen LogP contribution in [0.1, 0.15) is 25.5 Å². The van der Waals surface area contributed by atoms with Gasteiger partial charge in [-0.2, -0.15) is 0 Å². The van der Waals surface area contributed by atoms with Gasteiger partial charge in [-0.05, 0) is 43.8 Å². The minimum atomic E-state index is -0.500. The molecule has 0 spiro atoms. The Balaban J connectivity index is 2.37. The molecule has 1 heterocycles. The highest BCUT2D eigenvalue weighted by Gasteiger charge is 2.34. The van der Waals surface area contributed by atoms with Crippen molar-refractivity contribution in [3.8, 4) is 0 Å². The number of nitrogens with one attached hydrogen (secondary N) is 2. The van der Waals surface area contributed by atoms with Crippen molar-refractivity contribution in [2.24, 2.45) is 0 Å². The number of rotatable bonds is 9. The minimum absolute atomic E-state index is 0.0441. The van der Waals surface area contributed by atoms with E-state index in [2.05, 4.69) is 10.6 Å². The smallest absolute Gasteiger partial charge is 0.338 e. The normalized spacial score (nSPS) is 16.5. The van der Waals surface area contributed by atoms with E-state index >= 15 is 0 Å². The number of carbonyl (C=O) groups is 2. The third-order valence-corrected chi connectivity index (χ3v) is 4.77. The average Bonchev–Trinajstić information content (AvgIpc) is 2.68. The Morgan fingerprint density at radius 2 is 2.00 bits per heavy atom. The van der Waals surface area contributed by atoms with Crippen LogP contribution in [0.4, 0.5) is 5.69 Å². The Morgan fingerprint density at radius 1 is 1.24 bits per heavy atom. The molecule has 158 valence electrons. The summed E-state index contributed by atoms with van der Waals surface area (Å²) in [6.45, 7) is 4.85. The molecular weight excluding hydrogens is 394 g/mol. The molecule has 29 heavy (non-hydrogen) atoms. The summed E-state index contributed by atoms with van der Waals surface area (Å²) < 4.78 is 15.2. The molecule has 0 aliphatic carbocycles. The monoisotopic (exact) mass is 421 g/mol. The van der Waals surface area contributed by atoms with Crippen LogP contribution in [0.25, 0.3) is 0 Å². The Hall–Kier alpha value is -2.49. The lowest BCUT2D eigenvalue weighted by atomic mass is 9.94. The molecule has 0 unspecified atom stereocenters. The maximum Gasteiger partial charge on any atom is 0.338 e. The van der Waals surface area contributed by atoms with Gasteiger partial charge in [0.25, 0.3) is 0 Å². The predicted molar refractivity (Wildman–Crippen MR) is 113 cm³/mol. The summed E-state index contributed by atoms with van der Waals surface area (Å²) in [4.78, 5) is 26.5. The molecule has 0 saturated carbocycles. The summed E-state index contributed by atoms with van der Waals surface area (Å²) in [5.41, 5.74) is 2.57. The first-order chi connectivity index (χ1) is 13.9. The third kappa shape index (κ3) is 5.75. The standard InChI is InChI=1S/C20H27N3O5S/c1-5-23-13(2)17(19(25)28-10-9-26-3)18(22-20(23)29)14-7-6-8-15(11-14)21-16(24)12-27-4/h6-8,11,18H,5,9-10,12H2,1-4H3,(H,21,24)(H,22,29)/t18-/m1/s1. The maximum absolute atomic E-state index is 12.9. The number of carbonyl (C=O) groups excluding carboxylic acids is 2. The Bertz CT molecular complexity index is 796. The topological polar surface area (TPSA) is 89.1 Å². The molecule has 0 aromatic heterocycles. The molecule has 1 aliphatic heterocycles. The first kappa shape index (κ1) is 22.8. The largest absolute Gasteiger partial charge is 0.460 e. The Morgan fingerprint density at radius 3 is 2.66 bits per heavy atom. The van der Waals surface area contributed by atoms with Crippen molar-refractivity contribution in [3.05, 3.63) is 41.1 Å². The molecule has 2 N–H and O–H groups in total. The highest BCUT2D eigenvalue weighted by molar-refractivity contribution is 7.80. The second-order valence-corrected chi connectivity index (χ2v) is 6.75. The molecule has 8 nitrogen and oxygen atoms in total. The molecule has 9 heteroatoms. The molecule has 1 aromatic carbocycles. The van der Waals surface area contributed by atoms with E-state index < -0.39 is 12.0 Å². The highest BCUT2D eigenvalue weighted by atomic mass is 32.1. The minimum Gasteiger partial charge on any atom is -0.460 e. The van der Waals surface area contributed by atoms with Crippen LogP contribution in [0.15, 0.2) is 35.5 Å². The van der Waals surface area contributed by atoms with Gasteiger partial charge in [-0.3, -0.25) is 4.79 Å². The quantitative estimate of drug-likeness (QED) is 0.356. The second kappa shape index (κ2) is 10.9. The lowest BCUT2D eigenvalue weighted by molar-refractivity contribution is -0.140. The number of hydrogen-bond donors (Lipinski definition) is 2. The van der Waals surface area contributed by atoms with Gasteiger partial charge in [0.2, 0.25) is 5.91 Å². The van der Waals surface area contributed by atoms with Gasteiger partial charge in [-0.1, -0.05) is 12.1 Å². The van der Waals surface area contributed by atoms with E-state index in [-0.39, 0.29) is 19.1 Å². The van der Waals surface area contributed by atoms with Gasteiger partial charge in [0.05, 0.1) is 18.2 Å². The summed E-state index contributed by atoms with van der Waals surface area (Å²) in [6.07, 6.45) is 0. The van der Waals surface area contributed by atoms with E-state index in [1.807, 2.05) is 24.8 Å². The van der Waals surface area contributed by atoms with Gasteiger partial charge in [0, 0.05) is 32.1 Å². The first-order valence-electron chi connectivity index (χ1n) is 9.26. The van der Waals surface area contributed by atoms with Crippen molar-refractivity contribution in [2.75, 3.05) is 45.9 Å². The fourth-order valence-corrected chi connectivity index (χ4v) is 3.48. The summed E-state index contributed by atoms with van der Waals surface area (Å²) in [5.74, 6) is -0.702. The number of methoxy groups -OCH3 is 2. The lowest BCUT2D eigenvalue weighted by Crippen LogP contribution is -2.47. The SMILES string of the molecule is CCN1C(=S)N[C@H](c2cccc(NC(=O)COC)c2)C(C(=O)OCCOC)=C1C. The zero-order valence-corrected chi connectivity index (χ0v) is 17.9. The second-order valence-electron chi connectivity index (χ2n) is 6.36. The van der Waals surface area contributed by atoms with Crippen LogP contribution in [-0.4, -0.2) is 62.5 Å². The van der Waals surface area contributed by atoms with Crippen LogP contribution in [0.3, 0.4) is 0 Å². The molecule has 0 radical (unpaired) electrons. The van der Waals surface area contributed by atoms with Gasteiger partial charge >= 0.3 is 5.97 Å². The number of allylic oxidation sites excluding steroid dienone is 1. The number of amides is 1. The maximum atomic E-state index is 12.9. The number of nitrogens with zero attached hydrogens (tertiary/aromatic N) is 1. The van der Waals surface area contributed by atoms with Crippen LogP contribution < -0.4 is 10.6 Å². The lowest BCUT2D eigenvalue weighted by Gasteiger charge is -2.37. The van der Waals surface area contributed by atoms with Crippen molar-refractivity contribution < 1.29 is 23.8 Å². The van der Waals surface area contributed by atoms with Gasteiger partial charge in [-0.25, -0.2) is 4.79 Å². The molecule has 0 saturated heterocycles. The molecule has 0 bridgehead atoms. The van der Waals surface area contributed by atoms with E-state index in [1.54, 1.807) is 25.3 Å². The molecule has 1 atom stereocenters. The van der Waals surface area contributed by atoms with E-state index in [0.717, 1.165) is 11.3 Å². The summed E-state index contributed by atoms with van der Waals surface area (Å²) >= 11 is 5.49. The summed E-state index contributed by atoms with van der Waals surface area (Å²) in [7, 11) is 3.00. The van der Waals surface area contributed by atoms with E-state index in [0.29, 0.717) is 29.5 Å². The molecule has 0 fully saturated rings. The predicted octanol–water partition coefficient (Wildman–Crippen LogP) is 1.99. The zero-order chi connectivity index (χ0) is 21.4. The number of thiocarbonyl (C=S) groups is 1. The third-order valence-electron chi connectivity index (χ3n) is 4.43. The van der Waals surface area contributed by atoms with Crippen molar-refractivity contribution in [1.29, 1.82) is 0 Å². The van der Waals surface area contributed by atoms with Gasteiger partial charge in [0.15, 0.2) is 5.11 Å². The number of esters is 1. The van der Waals surface area contributed by atoms with Gasteiger partial charge in [0.1, 0.15) is 13.2 Å². The number of hydrogen-bond acceptors (Lipinski definition) is 6. The fourth-order valence-electron chi connectivity index (χ4n) is 3.10. The highest BCUT2D eigenvalue weighted by Crippen LogP contribution is 2.32. The van der Waals surface area contributed by atoms with Gasteiger partial charge < -0.3 is 29.7 Å².